The molecule has 3 N–H and O–H groups in total. The fourth-order valence-corrected chi connectivity index (χ4v) is 2.73. The molecule has 0 aliphatic carbocycles. The van der Waals surface area contributed by atoms with E-state index in [9.17, 15) is 4.79 Å². The lowest BCUT2D eigenvalue weighted by Gasteiger charge is -2.18. The molecule has 0 amide bonds. The standard InChI is InChI=1S/C16H21N3O4S/c1-21-12-9-14(23-3)13(22-2)7-10(12)11-8-15(20)18-16(24)19(11)6-4-5-17/h7-9H,4-6,17H2,1-3H3,(H,18,20,24). The molecule has 2 rings (SSSR count). The minimum Gasteiger partial charge on any atom is -0.496 e. The SMILES string of the molecule is COc1cc(OC)c(-c2cc(=O)[nH]c(=S)n2CCCN)cc1OC. The summed E-state index contributed by atoms with van der Waals surface area (Å²) in [7, 11) is 4.65. The van der Waals surface area contributed by atoms with Crippen LogP contribution < -0.4 is 25.5 Å². The van der Waals surface area contributed by atoms with Crippen molar-refractivity contribution in [1.29, 1.82) is 0 Å². The van der Waals surface area contributed by atoms with Crippen molar-refractivity contribution in [2.45, 2.75) is 13.0 Å². The van der Waals surface area contributed by atoms with Crippen molar-refractivity contribution in [2.24, 2.45) is 5.73 Å². The van der Waals surface area contributed by atoms with Crippen LogP contribution in [0.2, 0.25) is 0 Å². The van der Waals surface area contributed by atoms with Gasteiger partial charge in [0.15, 0.2) is 16.3 Å². The van der Waals surface area contributed by atoms with Crippen molar-refractivity contribution < 1.29 is 14.2 Å². The maximum atomic E-state index is 11.9. The van der Waals surface area contributed by atoms with Crippen LogP contribution in [-0.4, -0.2) is 37.4 Å². The van der Waals surface area contributed by atoms with E-state index in [1.54, 1.807) is 33.5 Å². The highest BCUT2D eigenvalue weighted by Crippen LogP contribution is 2.39. The minimum absolute atomic E-state index is 0.282. The highest BCUT2D eigenvalue weighted by atomic mass is 32.1. The number of hydrogen-bond donors (Lipinski definition) is 2. The number of aromatic nitrogens is 2. The highest BCUT2D eigenvalue weighted by molar-refractivity contribution is 7.71. The quantitative estimate of drug-likeness (QED) is 0.741. The number of H-pyrrole nitrogens is 1. The summed E-state index contributed by atoms with van der Waals surface area (Å²) in [6, 6.07) is 4.96. The van der Waals surface area contributed by atoms with E-state index in [1.165, 1.54) is 6.07 Å². The Morgan fingerprint density at radius 1 is 1.08 bits per heavy atom. The molecule has 1 heterocycles. The zero-order valence-corrected chi connectivity index (χ0v) is 14.7. The van der Waals surface area contributed by atoms with Gasteiger partial charge in [0.2, 0.25) is 0 Å². The van der Waals surface area contributed by atoms with Crippen molar-refractivity contribution in [3.05, 3.63) is 33.3 Å². The Labute approximate surface area is 145 Å². The number of nitrogens with zero attached hydrogens (tertiary/aromatic N) is 1. The largest absolute Gasteiger partial charge is 0.496 e. The van der Waals surface area contributed by atoms with Crippen LogP contribution in [0.4, 0.5) is 0 Å². The number of nitrogens with one attached hydrogen (secondary N) is 1. The second-order valence-electron chi connectivity index (χ2n) is 5.03. The van der Waals surface area contributed by atoms with E-state index in [4.69, 9.17) is 32.2 Å². The van der Waals surface area contributed by atoms with Gasteiger partial charge in [0.1, 0.15) is 5.75 Å². The van der Waals surface area contributed by atoms with Gasteiger partial charge < -0.3 is 24.5 Å². The molecule has 0 atom stereocenters. The molecule has 0 fully saturated rings. The summed E-state index contributed by atoms with van der Waals surface area (Å²) < 4.78 is 18.3. The van der Waals surface area contributed by atoms with Crippen LogP contribution in [0, 0.1) is 4.77 Å². The molecule has 0 saturated heterocycles. The first kappa shape index (κ1) is 18.0. The third-order valence-corrected chi connectivity index (χ3v) is 3.92. The van der Waals surface area contributed by atoms with E-state index in [0.29, 0.717) is 46.4 Å². The van der Waals surface area contributed by atoms with Gasteiger partial charge in [-0.15, -0.1) is 0 Å². The lowest BCUT2D eigenvalue weighted by Crippen LogP contribution is -2.16. The normalized spacial score (nSPS) is 10.5. The molecule has 0 spiro atoms. The molecule has 1 aromatic heterocycles. The molecule has 130 valence electrons. The highest BCUT2D eigenvalue weighted by Gasteiger charge is 2.16. The Hall–Kier alpha value is -2.32. The Morgan fingerprint density at radius 2 is 1.71 bits per heavy atom. The molecule has 0 radical (unpaired) electrons. The van der Waals surface area contributed by atoms with Gasteiger partial charge in [0.25, 0.3) is 5.56 Å². The second kappa shape index (κ2) is 7.98. The molecule has 2 aromatic rings. The van der Waals surface area contributed by atoms with Crippen LogP contribution in [0.3, 0.4) is 0 Å². The Balaban J connectivity index is 2.75. The lowest BCUT2D eigenvalue weighted by atomic mass is 10.1. The summed E-state index contributed by atoms with van der Waals surface area (Å²) in [4.78, 5) is 14.6. The molecule has 0 aliphatic rings. The van der Waals surface area contributed by atoms with Crippen LogP contribution in [0.15, 0.2) is 23.0 Å². The molecule has 0 saturated carbocycles. The fraction of sp³-hybridized carbons (Fsp3) is 0.375. The average molecular weight is 351 g/mol. The molecule has 7 nitrogen and oxygen atoms in total. The summed E-state index contributed by atoms with van der Waals surface area (Å²) >= 11 is 5.30. The van der Waals surface area contributed by atoms with E-state index in [2.05, 4.69) is 4.98 Å². The lowest BCUT2D eigenvalue weighted by molar-refractivity contribution is 0.349. The monoisotopic (exact) mass is 351 g/mol. The van der Waals surface area contributed by atoms with Crippen molar-refractivity contribution in [3.8, 4) is 28.5 Å². The van der Waals surface area contributed by atoms with E-state index < -0.39 is 0 Å². The summed E-state index contributed by atoms with van der Waals surface area (Å²) in [6.07, 6.45) is 0.725. The molecule has 0 bridgehead atoms. The zero-order chi connectivity index (χ0) is 17.7. The second-order valence-corrected chi connectivity index (χ2v) is 5.41. The third kappa shape index (κ3) is 3.60. The number of ether oxygens (including phenoxy) is 3. The molecule has 1 aromatic carbocycles. The van der Waals surface area contributed by atoms with E-state index in [1.807, 2.05) is 4.57 Å². The molecule has 24 heavy (non-hydrogen) atoms. The Kier molecular flexibility index (Phi) is 5.99. The number of aromatic amines is 1. The van der Waals surface area contributed by atoms with Gasteiger partial charge >= 0.3 is 0 Å². The first-order valence-electron chi connectivity index (χ1n) is 7.40. The summed E-state index contributed by atoms with van der Waals surface area (Å²) in [6.45, 7) is 1.10. The molecule has 0 unspecified atom stereocenters. The van der Waals surface area contributed by atoms with Crippen molar-refractivity contribution in [3.63, 3.8) is 0 Å². The topological polar surface area (TPSA) is 91.5 Å². The number of rotatable bonds is 7. The fourth-order valence-electron chi connectivity index (χ4n) is 2.44. The van der Waals surface area contributed by atoms with Gasteiger partial charge in [-0.3, -0.25) is 9.78 Å². The number of hydrogen-bond acceptors (Lipinski definition) is 6. The van der Waals surface area contributed by atoms with Gasteiger partial charge in [-0.05, 0) is 31.2 Å². The Bertz CT molecular complexity index is 829. The van der Waals surface area contributed by atoms with Crippen LogP contribution in [0.5, 0.6) is 17.2 Å². The van der Waals surface area contributed by atoms with Crippen molar-refractivity contribution in [1.82, 2.24) is 9.55 Å². The van der Waals surface area contributed by atoms with Crippen LogP contribution >= 0.6 is 12.2 Å². The summed E-state index contributed by atoms with van der Waals surface area (Å²) in [5.41, 5.74) is 6.64. The summed E-state index contributed by atoms with van der Waals surface area (Å²) in [5.74, 6) is 1.62. The Morgan fingerprint density at radius 3 is 2.29 bits per heavy atom. The molecule has 0 aliphatic heterocycles. The molecular formula is C16H21N3O4S. The third-order valence-electron chi connectivity index (χ3n) is 3.60. The van der Waals surface area contributed by atoms with Gasteiger partial charge in [0.05, 0.1) is 27.0 Å². The van der Waals surface area contributed by atoms with E-state index in [-0.39, 0.29) is 5.56 Å². The number of nitrogens with two attached hydrogens (primary N) is 1. The smallest absolute Gasteiger partial charge is 0.252 e. The van der Waals surface area contributed by atoms with Gasteiger partial charge in [-0.25, -0.2) is 0 Å². The first-order valence-corrected chi connectivity index (χ1v) is 7.81. The zero-order valence-electron chi connectivity index (χ0n) is 13.9. The maximum absolute atomic E-state index is 11.9. The molecule has 8 heteroatoms. The van der Waals surface area contributed by atoms with Crippen LogP contribution in [0.1, 0.15) is 6.42 Å². The minimum atomic E-state index is -0.282. The number of benzene rings is 1. The van der Waals surface area contributed by atoms with Crippen molar-refractivity contribution >= 4 is 12.2 Å². The van der Waals surface area contributed by atoms with Gasteiger partial charge in [-0.1, -0.05) is 0 Å². The van der Waals surface area contributed by atoms with Gasteiger partial charge in [0, 0.05) is 24.2 Å². The predicted molar refractivity (Wildman–Crippen MR) is 94.7 cm³/mol. The van der Waals surface area contributed by atoms with Crippen molar-refractivity contribution in [2.75, 3.05) is 27.9 Å². The molecular weight excluding hydrogens is 330 g/mol. The predicted octanol–water partition coefficient (Wildman–Crippen LogP) is 1.95. The van der Waals surface area contributed by atoms with Crippen LogP contribution in [-0.2, 0) is 6.54 Å². The average Bonchev–Trinajstić information content (AvgIpc) is 2.59. The van der Waals surface area contributed by atoms with E-state index in [0.717, 1.165) is 6.42 Å². The number of methoxy groups -OCH3 is 3. The van der Waals surface area contributed by atoms with E-state index >= 15 is 0 Å². The maximum Gasteiger partial charge on any atom is 0.252 e. The first-order chi connectivity index (χ1) is 11.5. The van der Waals surface area contributed by atoms with Gasteiger partial charge in [-0.2, -0.15) is 0 Å². The van der Waals surface area contributed by atoms with Crippen LogP contribution in [0.25, 0.3) is 11.3 Å². The summed E-state index contributed by atoms with van der Waals surface area (Å²) in [5, 5.41) is 0.